The summed E-state index contributed by atoms with van der Waals surface area (Å²) in [6, 6.07) is 36.3. The van der Waals surface area contributed by atoms with Crippen LogP contribution >= 0.6 is 0 Å². The van der Waals surface area contributed by atoms with E-state index >= 15 is 0 Å². The van der Waals surface area contributed by atoms with Crippen molar-refractivity contribution in [3.8, 4) is 34.2 Å². The van der Waals surface area contributed by atoms with Crippen LogP contribution in [0.1, 0.15) is 25.2 Å². The second kappa shape index (κ2) is 9.32. The van der Waals surface area contributed by atoms with Crippen LogP contribution in [0.25, 0.3) is 34.2 Å². The molecule has 0 saturated heterocycles. The molecule has 0 spiro atoms. The van der Waals surface area contributed by atoms with Crippen molar-refractivity contribution in [1.29, 1.82) is 0 Å². The lowest BCUT2D eigenvalue weighted by Crippen LogP contribution is -2.22. The summed E-state index contributed by atoms with van der Waals surface area (Å²) in [5.41, 5.74) is 6.79. The summed E-state index contributed by atoms with van der Waals surface area (Å²) in [6.07, 6.45) is 3.92. The van der Waals surface area contributed by atoms with Crippen LogP contribution in [0, 0.1) is 0 Å². The lowest BCUT2D eigenvalue weighted by Gasteiger charge is -2.24. The van der Waals surface area contributed by atoms with Crippen LogP contribution in [0.5, 0.6) is 0 Å². The molecule has 6 aromatic rings. The first-order valence-electron chi connectivity index (χ1n) is 12.3. The van der Waals surface area contributed by atoms with Gasteiger partial charge in [0.15, 0.2) is 0 Å². The van der Waals surface area contributed by atoms with Gasteiger partial charge in [0.2, 0.25) is 0 Å². The van der Waals surface area contributed by atoms with Crippen molar-refractivity contribution in [2.75, 3.05) is 0 Å². The van der Waals surface area contributed by atoms with Gasteiger partial charge in [0.05, 0.1) is 34.2 Å². The van der Waals surface area contributed by atoms with E-state index in [1.165, 1.54) is 0 Å². The highest BCUT2D eigenvalue weighted by Crippen LogP contribution is 2.31. The SMILES string of the molecule is CC(C)(c1cccc(-c2ccn(-c3ccccc3)n2)n1)c1cccc(-c2ccn(-c3ccccc3)n2)n1. The predicted octanol–water partition coefficient (Wildman–Crippen LogP) is 6.51. The van der Waals surface area contributed by atoms with Gasteiger partial charge < -0.3 is 0 Å². The highest BCUT2D eigenvalue weighted by Gasteiger charge is 2.27. The van der Waals surface area contributed by atoms with E-state index in [1.54, 1.807) is 0 Å². The Bertz CT molecular complexity index is 1520. The zero-order chi connectivity index (χ0) is 25.2. The van der Waals surface area contributed by atoms with E-state index in [4.69, 9.17) is 20.2 Å². The molecule has 0 amide bonds. The monoisotopic (exact) mass is 482 g/mol. The van der Waals surface area contributed by atoms with Crippen LogP contribution in [0.4, 0.5) is 0 Å². The fraction of sp³-hybridized carbons (Fsp3) is 0.0968. The van der Waals surface area contributed by atoms with Crippen LogP contribution in [0.15, 0.2) is 122 Å². The minimum Gasteiger partial charge on any atom is -0.250 e. The van der Waals surface area contributed by atoms with Crippen molar-refractivity contribution in [2.45, 2.75) is 19.3 Å². The molecule has 180 valence electrons. The van der Waals surface area contributed by atoms with E-state index in [0.717, 1.165) is 45.5 Å². The van der Waals surface area contributed by atoms with Gasteiger partial charge >= 0.3 is 0 Å². The van der Waals surface area contributed by atoms with Crippen LogP contribution in [0.3, 0.4) is 0 Å². The van der Waals surface area contributed by atoms with Crippen molar-refractivity contribution < 1.29 is 0 Å². The summed E-state index contributed by atoms with van der Waals surface area (Å²) >= 11 is 0. The second-order valence-electron chi connectivity index (χ2n) is 9.40. The number of rotatable bonds is 6. The number of aromatic nitrogens is 6. The van der Waals surface area contributed by atoms with Gasteiger partial charge in [-0.15, -0.1) is 0 Å². The molecule has 0 aliphatic rings. The number of pyridine rings is 2. The summed E-state index contributed by atoms with van der Waals surface area (Å²) < 4.78 is 3.74. The number of para-hydroxylation sites is 2. The van der Waals surface area contributed by atoms with Gasteiger partial charge in [-0.05, 0) is 74.5 Å². The average Bonchev–Trinajstić information content (AvgIpc) is 3.65. The summed E-state index contributed by atoms with van der Waals surface area (Å²) in [5, 5.41) is 9.51. The highest BCUT2D eigenvalue weighted by atomic mass is 15.3. The quantitative estimate of drug-likeness (QED) is 0.272. The van der Waals surface area contributed by atoms with E-state index < -0.39 is 5.41 Å². The second-order valence-corrected chi connectivity index (χ2v) is 9.40. The molecule has 4 heterocycles. The molecular formula is C31H26N6. The smallest absolute Gasteiger partial charge is 0.111 e. The van der Waals surface area contributed by atoms with E-state index in [0.29, 0.717) is 0 Å². The third kappa shape index (κ3) is 4.45. The topological polar surface area (TPSA) is 61.4 Å². The summed E-state index contributed by atoms with van der Waals surface area (Å²) in [5.74, 6) is 0. The Morgan fingerprint density at radius 2 is 0.892 bits per heavy atom. The molecule has 0 atom stereocenters. The molecule has 0 aliphatic heterocycles. The first kappa shape index (κ1) is 22.6. The summed E-state index contributed by atoms with van der Waals surface area (Å²) in [7, 11) is 0. The molecule has 6 rings (SSSR count). The highest BCUT2D eigenvalue weighted by molar-refractivity contribution is 5.57. The lowest BCUT2D eigenvalue weighted by molar-refractivity contribution is 0.596. The van der Waals surface area contributed by atoms with Crippen molar-refractivity contribution in [2.24, 2.45) is 0 Å². The molecule has 2 aromatic carbocycles. The molecule has 0 N–H and O–H groups in total. The fourth-order valence-electron chi connectivity index (χ4n) is 4.35. The summed E-state index contributed by atoms with van der Waals surface area (Å²) in [4.78, 5) is 10.0. The Balaban J connectivity index is 1.30. The van der Waals surface area contributed by atoms with Gasteiger partial charge in [0, 0.05) is 17.8 Å². The Labute approximate surface area is 215 Å². The molecule has 6 heteroatoms. The first-order valence-corrected chi connectivity index (χ1v) is 12.3. The number of hydrogen-bond donors (Lipinski definition) is 0. The van der Waals surface area contributed by atoms with Crippen LogP contribution < -0.4 is 0 Å². The third-order valence-electron chi connectivity index (χ3n) is 6.52. The zero-order valence-corrected chi connectivity index (χ0v) is 20.7. The summed E-state index contributed by atoms with van der Waals surface area (Å²) in [6.45, 7) is 4.30. The molecule has 0 radical (unpaired) electrons. The Hall–Kier alpha value is -4.84. The van der Waals surface area contributed by atoms with Crippen molar-refractivity contribution in [3.05, 3.63) is 133 Å². The van der Waals surface area contributed by atoms with Crippen LogP contribution in [-0.4, -0.2) is 29.5 Å². The molecule has 0 fully saturated rings. The van der Waals surface area contributed by atoms with Gasteiger partial charge in [-0.1, -0.05) is 48.5 Å². The van der Waals surface area contributed by atoms with Crippen molar-refractivity contribution in [1.82, 2.24) is 29.5 Å². The van der Waals surface area contributed by atoms with Gasteiger partial charge in [-0.25, -0.2) is 9.36 Å². The van der Waals surface area contributed by atoms with E-state index in [2.05, 4.69) is 26.0 Å². The predicted molar refractivity (Wildman–Crippen MR) is 146 cm³/mol. The fourth-order valence-corrected chi connectivity index (χ4v) is 4.35. The van der Waals surface area contributed by atoms with Crippen LogP contribution in [0.2, 0.25) is 0 Å². The average molecular weight is 483 g/mol. The lowest BCUT2D eigenvalue weighted by atomic mass is 9.84. The molecule has 37 heavy (non-hydrogen) atoms. The van der Waals surface area contributed by atoms with Crippen LogP contribution in [-0.2, 0) is 5.41 Å². The third-order valence-corrected chi connectivity index (χ3v) is 6.52. The number of nitrogens with zero attached hydrogens (tertiary/aromatic N) is 6. The Kier molecular flexibility index (Phi) is 5.69. The molecule has 0 bridgehead atoms. The minimum absolute atomic E-state index is 0.421. The number of hydrogen-bond acceptors (Lipinski definition) is 4. The van der Waals surface area contributed by atoms with E-state index in [-0.39, 0.29) is 0 Å². The normalized spacial score (nSPS) is 11.5. The minimum atomic E-state index is -0.421. The van der Waals surface area contributed by atoms with Gasteiger partial charge in [0.1, 0.15) is 11.4 Å². The molecule has 4 aromatic heterocycles. The van der Waals surface area contributed by atoms with Crippen molar-refractivity contribution in [3.63, 3.8) is 0 Å². The largest absolute Gasteiger partial charge is 0.250 e. The molecule has 0 aliphatic carbocycles. The maximum absolute atomic E-state index is 5.01. The van der Waals surface area contributed by atoms with E-state index in [1.807, 2.05) is 119 Å². The zero-order valence-electron chi connectivity index (χ0n) is 20.7. The van der Waals surface area contributed by atoms with Gasteiger partial charge in [0.25, 0.3) is 0 Å². The maximum Gasteiger partial charge on any atom is 0.111 e. The Morgan fingerprint density at radius 3 is 1.32 bits per heavy atom. The molecular weight excluding hydrogens is 456 g/mol. The first-order chi connectivity index (χ1) is 18.1. The molecule has 0 saturated carbocycles. The van der Waals surface area contributed by atoms with Gasteiger partial charge in [-0.3, -0.25) is 9.97 Å². The Morgan fingerprint density at radius 1 is 0.459 bits per heavy atom. The van der Waals surface area contributed by atoms with Gasteiger partial charge in [-0.2, -0.15) is 10.2 Å². The molecule has 6 nitrogen and oxygen atoms in total. The molecule has 0 unspecified atom stereocenters. The van der Waals surface area contributed by atoms with E-state index in [9.17, 15) is 0 Å². The standard InChI is InChI=1S/C31H26N6/c1-31(2,29-17-9-15-25(32-29)27-19-21-36(34-27)23-11-5-3-6-12-23)30-18-10-16-26(33-30)28-20-22-37(35-28)24-13-7-4-8-14-24/h3-22H,1-2H3. The number of benzene rings is 2. The maximum atomic E-state index is 5.01. The van der Waals surface area contributed by atoms with Crippen molar-refractivity contribution >= 4 is 0 Å².